The molecule has 3 aromatic carbocycles. The lowest BCUT2D eigenvalue weighted by atomic mass is 9.97. The number of benzene rings is 3. The van der Waals surface area contributed by atoms with Gasteiger partial charge in [-0.15, -0.1) is 0 Å². The first-order chi connectivity index (χ1) is 15.1. The molecular formula is C26H23N3O2. The summed E-state index contributed by atoms with van der Waals surface area (Å²) in [6, 6.07) is 22.6. The van der Waals surface area contributed by atoms with Crippen molar-refractivity contribution in [2.45, 2.75) is 19.4 Å². The minimum atomic E-state index is -0.804. The third kappa shape index (κ3) is 3.59. The Kier molecular flexibility index (Phi) is 4.79. The largest absolute Gasteiger partial charge is 0.481 e. The number of hydrogen-bond donors (Lipinski definition) is 2. The second-order valence-electron chi connectivity index (χ2n) is 7.95. The summed E-state index contributed by atoms with van der Waals surface area (Å²) >= 11 is 0. The second kappa shape index (κ2) is 7.76. The Morgan fingerprint density at radius 1 is 1.00 bits per heavy atom. The van der Waals surface area contributed by atoms with Crippen LogP contribution in [0.4, 0.5) is 11.5 Å². The van der Waals surface area contributed by atoms with Crippen LogP contribution in [0.15, 0.2) is 72.9 Å². The van der Waals surface area contributed by atoms with Crippen LogP contribution in [-0.2, 0) is 24.2 Å². The normalized spacial score (nSPS) is 12.8. The summed E-state index contributed by atoms with van der Waals surface area (Å²) < 4.78 is 0. The molecule has 3 N–H and O–H groups in total. The SMILES string of the molecule is Nc1nccc2c(-c3ccc4c(c3)N(Cc3ccccc3CC(=O)O)CC4)cccc12. The van der Waals surface area contributed by atoms with Crippen molar-refractivity contribution in [1.82, 2.24) is 4.98 Å². The maximum absolute atomic E-state index is 11.3. The van der Waals surface area contributed by atoms with Gasteiger partial charge in [0.15, 0.2) is 0 Å². The van der Waals surface area contributed by atoms with Crippen LogP contribution < -0.4 is 10.6 Å². The van der Waals surface area contributed by atoms with Gasteiger partial charge >= 0.3 is 5.97 Å². The summed E-state index contributed by atoms with van der Waals surface area (Å²) in [5.41, 5.74) is 12.8. The standard InChI is InChI=1S/C26H23N3O2/c27-26-23-7-3-6-21(22(23)10-12-28-26)19-9-8-17-11-13-29(24(17)14-19)16-20-5-2-1-4-18(20)15-25(30)31/h1-10,12,14H,11,13,15-16H2,(H2,27,28)(H,30,31). The zero-order valence-corrected chi connectivity index (χ0v) is 17.1. The third-order valence-corrected chi connectivity index (χ3v) is 6.05. The number of rotatable bonds is 5. The van der Waals surface area contributed by atoms with Crippen LogP contribution >= 0.6 is 0 Å². The number of aromatic nitrogens is 1. The first kappa shape index (κ1) is 19.1. The highest BCUT2D eigenvalue weighted by Gasteiger charge is 2.21. The average Bonchev–Trinajstić information content (AvgIpc) is 3.17. The van der Waals surface area contributed by atoms with Gasteiger partial charge in [0.25, 0.3) is 0 Å². The van der Waals surface area contributed by atoms with Gasteiger partial charge in [-0.3, -0.25) is 4.79 Å². The van der Waals surface area contributed by atoms with Crippen molar-refractivity contribution in [2.24, 2.45) is 0 Å². The van der Waals surface area contributed by atoms with E-state index in [9.17, 15) is 9.90 Å². The fourth-order valence-electron chi connectivity index (χ4n) is 4.51. The highest BCUT2D eigenvalue weighted by atomic mass is 16.4. The quantitative estimate of drug-likeness (QED) is 0.501. The Labute approximate surface area is 180 Å². The van der Waals surface area contributed by atoms with Gasteiger partial charge in [0, 0.05) is 30.4 Å². The summed E-state index contributed by atoms with van der Waals surface area (Å²) in [7, 11) is 0. The molecule has 0 bridgehead atoms. The zero-order chi connectivity index (χ0) is 21.4. The van der Waals surface area contributed by atoms with Gasteiger partial charge in [0.2, 0.25) is 0 Å². The van der Waals surface area contributed by atoms with Gasteiger partial charge in [-0.2, -0.15) is 0 Å². The van der Waals surface area contributed by atoms with E-state index in [4.69, 9.17) is 5.73 Å². The minimum Gasteiger partial charge on any atom is -0.481 e. The van der Waals surface area contributed by atoms with E-state index in [1.807, 2.05) is 42.5 Å². The molecule has 0 amide bonds. The summed E-state index contributed by atoms with van der Waals surface area (Å²) in [4.78, 5) is 17.8. The van der Waals surface area contributed by atoms with Crippen LogP contribution in [0.25, 0.3) is 21.9 Å². The number of fused-ring (bicyclic) bond motifs is 2. The van der Waals surface area contributed by atoms with Crippen molar-refractivity contribution in [2.75, 3.05) is 17.2 Å². The fraction of sp³-hybridized carbons (Fsp3) is 0.154. The van der Waals surface area contributed by atoms with Crippen LogP contribution in [0.2, 0.25) is 0 Å². The predicted octanol–water partition coefficient (Wildman–Crippen LogP) is 4.67. The van der Waals surface area contributed by atoms with Gasteiger partial charge in [-0.05, 0) is 51.8 Å². The molecule has 0 saturated carbocycles. The van der Waals surface area contributed by atoms with E-state index >= 15 is 0 Å². The highest BCUT2D eigenvalue weighted by Crippen LogP contribution is 2.37. The first-order valence-corrected chi connectivity index (χ1v) is 10.4. The van der Waals surface area contributed by atoms with E-state index in [1.165, 1.54) is 11.3 Å². The molecule has 1 aromatic heterocycles. The molecule has 1 aliphatic heterocycles. The minimum absolute atomic E-state index is 0.0440. The molecule has 0 saturated heterocycles. The van der Waals surface area contributed by atoms with Crippen LogP contribution in [0.3, 0.4) is 0 Å². The summed E-state index contributed by atoms with van der Waals surface area (Å²) in [5.74, 6) is -0.265. The van der Waals surface area contributed by atoms with Gasteiger partial charge in [0.1, 0.15) is 5.82 Å². The van der Waals surface area contributed by atoms with Crippen LogP contribution in [0.1, 0.15) is 16.7 Å². The Morgan fingerprint density at radius 3 is 2.68 bits per heavy atom. The van der Waals surface area contributed by atoms with Crippen molar-refractivity contribution in [3.05, 3.63) is 89.6 Å². The highest BCUT2D eigenvalue weighted by molar-refractivity contribution is 6.01. The lowest BCUT2D eigenvalue weighted by molar-refractivity contribution is -0.136. The Balaban J connectivity index is 1.52. The second-order valence-corrected chi connectivity index (χ2v) is 7.95. The van der Waals surface area contributed by atoms with E-state index in [1.54, 1.807) is 6.20 Å². The number of carboxylic acids is 1. The molecular weight excluding hydrogens is 386 g/mol. The molecule has 0 fully saturated rings. The van der Waals surface area contributed by atoms with Gasteiger partial charge in [-0.1, -0.05) is 54.6 Å². The molecule has 5 rings (SSSR count). The molecule has 0 radical (unpaired) electrons. The lowest BCUT2D eigenvalue weighted by Crippen LogP contribution is -2.21. The summed E-state index contributed by atoms with van der Waals surface area (Å²) in [6.07, 6.45) is 2.78. The number of nitrogen functional groups attached to an aromatic ring is 1. The average molecular weight is 409 g/mol. The molecule has 2 heterocycles. The molecule has 154 valence electrons. The van der Waals surface area contributed by atoms with E-state index in [0.717, 1.165) is 46.0 Å². The molecule has 0 spiro atoms. The molecule has 0 unspecified atom stereocenters. The number of hydrogen-bond acceptors (Lipinski definition) is 4. The number of carbonyl (C=O) groups is 1. The first-order valence-electron chi connectivity index (χ1n) is 10.4. The lowest BCUT2D eigenvalue weighted by Gasteiger charge is -2.22. The van der Waals surface area contributed by atoms with Crippen molar-refractivity contribution >= 4 is 28.2 Å². The summed E-state index contributed by atoms with van der Waals surface area (Å²) in [5, 5.41) is 11.3. The van der Waals surface area contributed by atoms with Crippen molar-refractivity contribution in [1.29, 1.82) is 0 Å². The monoisotopic (exact) mass is 409 g/mol. The molecule has 0 aliphatic carbocycles. The zero-order valence-electron chi connectivity index (χ0n) is 17.1. The van der Waals surface area contributed by atoms with Crippen molar-refractivity contribution in [3.63, 3.8) is 0 Å². The third-order valence-electron chi connectivity index (χ3n) is 6.05. The number of nitrogens with zero attached hydrogens (tertiary/aromatic N) is 2. The molecule has 5 nitrogen and oxygen atoms in total. The van der Waals surface area contributed by atoms with E-state index < -0.39 is 5.97 Å². The van der Waals surface area contributed by atoms with Crippen molar-refractivity contribution < 1.29 is 9.90 Å². The Bertz CT molecular complexity index is 1300. The topological polar surface area (TPSA) is 79.5 Å². The maximum Gasteiger partial charge on any atom is 0.307 e. The van der Waals surface area contributed by atoms with Crippen LogP contribution in [0.5, 0.6) is 0 Å². The van der Waals surface area contributed by atoms with Crippen molar-refractivity contribution in [3.8, 4) is 11.1 Å². The smallest absolute Gasteiger partial charge is 0.307 e. The number of aliphatic carboxylic acids is 1. The Hall–Kier alpha value is -3.86. The summed E-state index contributed by atoms with van der Waals surface area (Å²) in [6.45, 7) is 1.62. The van der Waals surface area contributed by atoms with Crippen LogP contribution in [-0.4, -0.2) is 22.6 Å². The fourth-order valence-corrected chi connectivity index (χ4v) is 4.51. The van der Waals surface area contributed by atoms with Gasteiger partial charge < -0.3 is 15.7 Å². The molecule has 1 aliphatic rings. The number of carboxylic acid groups (broad SMARTS) is 1. The number of pyridine rings is 1. The number of anilines is 2. The molecule has 4 aromatic rings. The molecule has 0 atom stereocenters. The van der Waals surface area contributed by atoms with E-state index in [0.29, 0.717) is 12.4 Å². The van der Waals surface area contributed by atoms with E-state index in [-0.39, 0.29) is 6.42 Å². The molecule has 5 heteroatoms. The van der Waals surface area contributed by atoms with Gasteiger partial charge in [0.05, 0.1) is 6.42 Å². The Morgan fingerprint density at radius 2 is 1.84 bits per heavy atom. The van der Waals surface area contributed by atoms with Gasteiger partial charge in [-0.25, -0.2) is 4.98 Å². The predicted molar refractivity (Wildman–Crippen MR) is 124 cm³/mol. The van der Waals surface area contributed by atoms with E-state index in [2.05, 4.69) is 34.1 Å². The maximum atomic E-state index is 11.3. The van der Waals surface area contributed by atoms with Crippen LogP contribution in [0, 0.1) is 0 Å². The molecule has 31 heavy (non-hydrogen) atoms. The number of nitrogens with two attached hydrogens (primary N) is 1.